The summed E-state index contributed by atoms with van der Waals surface area (Å²) in [6, 6.07) is 8.77. The van der Waals surface area contributed by atoms with Crippen LogP contribution < -0.4 is 5.32 Å². The van der Waals surface area contributed by atoms with Gasteiger partial charge in [0.1, 0.15) is 5.82 Å². The van der Waals surface area contributed by atoms with Gasteiger partial charge >= 0.3 is 6.18 Å². The summed E-state index contributed by atoms with van der Waals surface area (Å²) in [6.45, 7) is 0.643. The number of nitrogens with zero attached hydrogens (tertiary/aromatic N) is 5. The number of anilines is 1. The molecule has 1 N–H and O–H groups in total. The third kappa shape index (κ3) is 4.24. The number of aromatic nitrogens is 4. The number of hydrogen-bond donors (Lipinski definition) is 1. The number of piperidine rings is 2. The molecule has 2 bridgehead atoms. The normalized spacial score (nSPS) is 22.3. The molecular formula is C23H21F3N6O. The first kappa shape index (κ1) is 21.3. The third-order valence-corrected chi connectivity index (χ3v) is 6.28. The van der Waals surface area contributed by atoms with Crippen molar-refractivity contribution in [1.29, 1.82) is 0 Å². The van der Waals surface area contributed by atoms with E-state index in [1.165, 1.54) is 0 Å². The van der Waals surface area contributed by atoms with Crippen molar-refractivity contribution in [1.82, 2.24) is 24.8 Å². The first-order chi connectivity index (χ1) is 15.9. The van der Waals surface area contributed by atoms with Crippen LogP contribution in [-0.2, 0) is 6.18 Å². The van der Waals surface area contributed by atoms with Gasteiger partial charge in [-0.15, -0.1) is 0 Å². The Hall–Kier alpha value is -3.56. The standard InChI is InChI=1S/C23H21F3N6O/c24-23(25,26)19-11-30-20(12-29-19)31-17-10-14-6-7-18(17)32(13-14)22(33)16-5-2-1-4-15(16)21-27-8-3-9-28-21/h1-5,8-9,11-12,14,17-18H,6-7,10,13H2,(H,30,31)/t14?,17-,18+/m1/s1. The van der Waals surface area contributed by atoms with Gasteiger partial charge in [-0.3, -0.25) is 4.79 Å². The van der Waals surface area contributed by atoms with E-state index in [9.17, 15) is 18.0 Å². The van der Waals surface area contributed by atoms with Crippen molar-refractivity contribution < 1.29 is 18.0 Å². The highest BCUT2D eigenvalue weighted by molar-refractivity contribution is 6.00. The molecule has 3 atom stereocenters. The van der Waals surface area contributed by atoms with E-state index in [0.29, 0.717) is 29.4 Å². The zero-order chi connectivity index (χ0) is 23.0. The van der Waals surface area contributed by atoms with E-state index in [1.54, 1.807) is 24.5 Å². The zero-order valence-corrected chi connectivity index (χ0v) is 17.5. The number of fused-ring (bicyclic) bond motifs is 3. The number of hydrogen-bond acceptors (Lipinski definition) is 6. The molecular weight excluding hydrogens is 433 g/mol. The Morgan fingerprint density at radius 2 is 1.79 bits per heavy atom. The van der Waals surface area contributed by atoms with Gasteiger partial charge in [0.25, 0.3) is 5.91 Å². The minimum absolute atomic E-state index is 0.0993. The van der Waals surface area contributed by atoms with Crippen LogP contribution in [0.2, 0.25) is 0 Å². The quantitative estimate of drug-likeness (QED) is 0.640. The fourth-order valence-electron chi connectivity index (χ4n) is 4.78. The second-order valence-corrected chi connectivity index (χ2v) is 8.36. The maximum absolute atomic E-state index is 13.6. The third-order valence-electron chi connectivity index (χ3n) is 6.28. The van der Waals surface area contributed by atoms with E-state index < -0.39 is 11.9 Å². The molecule has 10 heteroatoms. The Balaban J connectivity index is 1.38. The van der Waals surface area contributed by atoms with E-state index in [4.69, 9.17) is 0 Å². The molecule has 170 valence electrons. The highest BCUT2D eigenvalue weighted by Crippen LogP contribution is 2.38. The Morgan fingerprint density at radius 1 is 1.00 bits per heavy atom. The Kier molecular flexibility index (Phi) is 5.43. The summed E-state index contributed by atoms with van der Waals surface area (Å²) in [5, 5.41) is 3.21. The van der Waals surface area contributed by atoms with Crippen molar-refractivity contribution in [3.05, 3.63) is 66.4 Å². The minimum Gasteiger partial charge on any atom is -0.364 e. The lowest BCUT2D eigenvalue weighted by Crippen LogP contribution is -2.59. The van der Waals surface area contributed by atoms with Gasteiger partial charge in [-0.1, -0.05) is 18.2 Å². The van der Waals surface area contributed by atoms with Gasteiger partial charge in [-0.2, -0.15) is 13.2 Å². The molecule has 1 unspecified atom stereocenters. The topological polar surface area (TPSA) is 83.9 Å². The van der Waals surface area contributed by atoms with E-state index in [-0.39, 0.29) is 23.8 Å². The van der Waals surface area contributed by atoms with Crippen molar-refractivity contribution in [3.63, 3.8) is 0 Å². The number of halogens is 3. The van der Waals surface area contributed by atoms with Crippen LogP contribution in [0.3, 0.4) is 0 Å². The van der Waals surface area contributed by atoms with Gasteiger partial charge in [0.2, 0.25) is 0 Å². The maximum atomic E-state index is 13.6. The van der Waals surface area contributed by atoms with Gasteiger partial charge < -0.3 is 10.2 Å². The summed E-state index contributed by atoms with van der Waals surface area (Å²) < 4.78 is 38.3. The number of rotatable bonds is 4. The summed E-state index contributed by atoms with van der Waals surface area (Å²) in [5.74, 6) is 0.959. The Labute approximate surface area is 188 Å². The molecule has 7 nitrogen and oxygen atoms in total. The van der Waals surface area contributed by atoms with Gasteiger partial charge in [-0.25, -0.2) is 19.9 Å². The molecule has 2 aromatic heterocycles. The van der Waals surface area contributed by atoms with Gasteiger partial charge in [0.15, 0.2) is 11.5 Å². The molecule has 2 saturated heterocycles. The number of benzene rings is 1. The fourth-order valence-corrected chi connectivity index (χ4v) is 4.78. The van der Waals surface area contributed by atoms with Crippen LogP contribution in [0.5, 0.6) is 0 Å². The average Bonchev–Trinajstić information content (AvgIpc) is 2.84. The number of carbonyl (C=O) groups is 1. The van der Waals surface area contributed by atoms with Crippen LogP contribution in [0.1, 0.15) is 35.3 Å². The number of carbonyl (C=O) groups excluding carboxylic acids is 1. The van der Waals surface area contributed by atoms with Crippen molar-refractivity contribution in [2.24, 2.45) is 5.92 Å². The molecule has 3 fully saturated rings. The van der Waals surface area contributed by atoms with Gasteiger partial charge in [-0.05, 0) is 37.3 Å². The van der Waals surface area contributed by atoms with Crippen LogP contribution in [0, 0.1) is 5.92 Å². The lowest BCUT2D eigenvalue weighted by Gasteiger charge is -2.50. The molecule has 2 aliphatic heterocycles. The number of nitrogens with one attached hydrogen (secondary N) is 1. The number of alkyl halides is 3. The average molecular weight is 454 g/mol. The predicted molar refractivity (Wildman–Crippen MR) is 114 cm³/mol. The predicted octanol–water partition coefficient (Wildman–Crippen LogP) is 4.06. The summed E-state index contributed by atoms with van der Waals surface area (Å²) >= 11 is 0. The van der Waals surface area contributed by atoms with Crippen molar-refractivity contribution in [3.8, 4) is 11.4 Å². The van der Waals surface area contributed by atoms with Crippen LogP contribution in [0.4, 0.5) is 19.0 Å². The summed E-state index contributed by atoms with van der Waals surface area (Å²) in [6.07, 6.45) is 3.20. The Morgan fingerprint density at radius 3 is 2.48 bits per heavy atom. The van der Waals surface area contributed by atoms with Crippen molar-refractivity contribution >= 4 is 11.7 Å². The largest absolute Gasteiger partial charge is 0.434 e. The molecule has 33 heavy (non-hydrogen) atoms. The van der Waals surface area contributed by atoms with E-state index in [1.807, 2.05) is 23.1 Å². The molecule has 0 spiro atoms. The van der Waals surface area contributed by atoms with E-state index >= 15 is 0 Å². The van der Waals surface area contributed by atoms with Crippen molar-refractivity contribution in [2.45, 2.75) is 37.5 Å². The zero-order valence-electron chi connectivity index (χ0n) is 17.5. The maximum Gasteiger partial charge on any atom is 0.434 e. The molecule has 0 radical (unpaired) electrons. The van der Waals surface area contributed by atoms with Gasteiger partial charge in [0.05, 0.1) is 24.0 Å². The SMILES string of the molecule is O=C(c1ccccc1-c1ncccn1)N1CC2CC[C@H]1[C@H](Nc1cnc(C(F)(F)F)cn1)C2. The lowest BCUT2D eigenvalue weighted by molar-refractivity contribution is -0.141. The smallest absolute Gasteiger partial charge is 0.364 e. The Bertz CT molecular complexity index is 1140. The monoisotopic (exact) mass is 454 g/mol. The molecule has 3 aromatic rings. The molecule has 4 heterocycles. The number of amides is 1. The van der Waals surface area contributed by atoms with Crippen molar-refractivity contribution in [2.75, 3.05) is 11.9 Å². The molecule has 1 amide bonds. The molecule has 1 saturated carbocycles. The van der Waals surface area contributed by atoms with E-state index in [2.05, 4.69) is 25.3 Å². The summed E-state index contributed by atoms with van der Waals surface area (Å²) in [7, 11) is 0. The molecule has 3 aliphatic rings. The van der Waals surface area contributed by atoms with Crippen LogP contribution in [0.25, 0.3) is 11.4 Å². The van der Waals surface area contributed by atoms with Gasteiger partial charge in [0, 0.05) is 30.5 Å². The van der Waals surface area contributed by atoms with Crippen LogP contribution >= 0.6 is 0 Å². The fraction of sp³-hybridized carbons (Fsp3) is 0.348. The van der Waals surface area contributed by atoms with Crippen LogP contribution in [-0.4, -0.2) is 49.4 Å². The highest BCUT2D eigenvalue weighted by atomic mass is 19.4. The highest BCUT2D eigenvalue weighted by Gasteiger charge is 2.43. The first-order valence-electron chi connectivity index (χ1n) is 10.7. The molecule has 6 rings (SSSR count). The lowest BCUT2D eigenvalue weighted by atomic mass is 9.76. The molecule has 1 aromatic carbocycles. The first-order valence-corrected chi connectivity index (χ1v) is 10.7. The second-order valence-electron chi connectivity index (χ2n) is 8.36. The summed E-state index contributed by atoms with van der Waals surface area (Å²) in [5.41, 5.74) is 0.168. The second kappa shape index (κ2) is 8.42. The van der Waals surface area contributed by atoms with E-state index in [0.717, 1.165) is 31.7 Å². The van der Waals surface area contributed by atoms with Crippen LogP contribution in [0.15, 0.2) is 55.1 Å². The summed E-state index contributed by atoms with van der Waals surface area (Å²) in [4.78, 5) is 31.4. The minimum atomic E-state index is -4.53. The molecule has 1 aliphatic carbocycles.